The molecule has 0 bridgehead atoms. The summed E-state index contributed by atoms with van der Waals surface area (Å²) >= 11 is 0. The molecule has 2 rings (SSSR count). The van der Waals surface area contributed by atoms with Crippen LogP contribution >= 0.6 is 0 Å². The van der Waals surface area contributed by atoms with Crippen molar-refractivity contribution in [1.29, 1.82) is 0 Å². The second-order valence-electron chi connectivity index (χ2n) is 5.89. The Labute approximate surface area is 150 Å². The number of ether oxygens (including phenoxy) is 1. The van der Waals surface area contributed by atoms with E-state index in [1.165, 1.54) is 6.07 Å². The minimum absolute atomic E-state index is 0.0361. The first-order valence-corrected chi connectivity index (χ1v) is 7.89. The van der Waals surface area contributed by atoms with Crippen molar-refractivity contribution in [3.05, 3.63) is 63.7 Å². The van der Waals surface area contributed by atoms with E-state index in [-0.39, 0.29) is 22.9 Å². The molecule has 1 amide bonds. The third kappa shape index (κ3) is 4.56. The highest BCUT2D eigenvalue weighted by atomic mass is 16.6. The third-order valence-electron chi connectivity index (χ3n) is 3.66. The molecule has 0 unspecified atom stereocenters. The highest BCUT2D eigenvalue weighted by Gasteiger charge is 2.17. The second kappa shape index (κ2) is 8.11. The minimum atomic E-state index is -0.829. The summed E-state index contributed by atoms with van der Waals surface area (Å²) in [5.74, 6) is -1.11. The maximum Gasteiger partial charge on any atom is 0.340 e. The molecule has 3 N–H and O–H groups in total. The van der Waals surface area contributed by atoms with Crippen molar-refractivity contribution in [2.24, 2.45) is 0 Å². The number of nitrogen functional groups attached to an aromatic ring is 1. The average molecular weight is 357 g/mol. The van der Waals surface area contributed by atoms with Gasteiger partial charge in [0.25, 0.3) is 11.6 Å². The smallest absolute Gasteiger partial charge is 0.340 e. The van der Waals surface area contributed by atoms with Gasteiger partial charge in [-0.25, -0.2) is 4.79 Å². The summed E-state index contributed by atoms with van der Waals surface area (Å²) < 4.78 is 4.94. The van der Waals surface area contributed by atoms with E-state index < -0.39 is 23.4 Å². The summed E-state index contributed by atoms with van der Waals surface area (Å²) in [6.07, 6.45) is 0. The summed E-state index contributed by atoms with van der Waals surface area (Å²) in [5.41, 5.74) is 6.89. The molecular weight excluding hydrogens is 338 g/mol. The van der Waals surface area contributed by atoms with E-state index >= 15 is 0 Å². The third-order valence-corrected chi connectivity index (χ3v) is 3.66. The van der Waals surface area contributed by atoms with Crippen LogP contribution in [0.1, 0.15) is 35.7 Å². The second-order valence-corrected chi connectivity index (χ2v) is 5.89. The fraction of sp³-hybridized carbons (Fsp3) is 0.222. The Morgan fingerprint density at radius 2 is 1.92 bits per heavy atom. The number of carbonyl (C=O) groups is 2. The van der Waals surface area contributed by atoms with Crippen LogP contribution in [0.15, 0.2) is 42.5 Å². The largest absolute Gasteiger partial charge is 0.452 e. The molecule has 0 aliphatic heterocycles. The van der Waals surface area contributed by atoms with Crippen LogP contribution in [0.25, 0.3) is 0 Å². The average Bonchev–Trinajstić information content (AvgIpc) is 2.59. The summed E-state index contributed by atoms with van der Waals surface area (Å²) in [4.78, 5) is 34.1. The van der Waals surface area contributed by atoms with Gasteiger partial charge in [0.15, 0.2) is 6.61 Å². The molecule has 0 saturated heterocycles. The number of nitrogens with zero attached hydrogens (tertiary/aromatic N) is 1. The summed E-state index contributed by atoms with van der Waals surface area (Å²) in [6, 6.07) is 10.8. The van der Waals surface area contributed by atoms with Crippen molar-refractivity contribution in [2.75, 3.05) is 17.7 Å². The molecule has 136 valence electrons. The quantitative estimate of drug-likeness (QED) is 0.354. The number of benzene rings is 2. The van der Waals surface area contributed by atoms with Crippen LogP contribution in [-0.4, -0.2) is 23.4 Å². The lowest BCUT2D eigenvalue weighted by molar-refractivity contribution is -0.384. The number of nitrogens with one attached hydrogen (secondary N) is 1. The highest BCUT2D eigenvalue weighted by molar-refractivity contribution is 5.98. The van der Waals surface area contributed by atoms with E-state index in [0.29, 0.717) is 5.69 Å². The van der Waals surface area contributed by atoms with Crippen LogP contribution in [-0.2, 0) is 9.53 Å². The Hall–Kier alpha value is -3.42. The molecule has 8 heteroatoms. The summed E-state index contributed by atoms with van der Waals surface area (Å²) in [7, 11) is 0. The van der Waals surface area contributed by atoms with E-state index in [1.807, 2.05) is 26.0 Å². The molecule has 0 atom stereocenters. The number of rotatable bonds is 6. The molecule has 0 heterocycles. The van der Waals surface area contributed by atoms with Gasteiger partial charge in [-0.2, -0.15) is 0 Å². The number of carbonyl (C=O) groups excluding carboxylic acids is 2. The zero-order valence-electron chi connectivity index (χ0n) is 14.4. The molecule has 26 heavy (non-hydrogen) atoms. The van der Waals surface area contributed by atoms with Gasteiger partial charge in [0.1, 0.15) is 0 Å². The topological polar surface area (TPSA) is 125 Å². The predicted octanol–water partition coefficient (Wildman–Crippen LogP) is 3.10. The number of non-ortho nitro benzene ring substituents is 1. The fourth-order valence-electron chi connectivity index (χ4n) is 2.36. The molecule has 0 aliphatic carbocycles. The van der Waals surface area contributed by atoms with Gasteiger partial charge in [-0.3, -0.25) is 14.9 Å². The monoisotopic (exact) mass is 357 g/mol. The molecule has 0 fully saturated rings. The maximum atomic E-state index is 12.0. The summed E-state index contributed by atoms with van der Waals surface area (Å²) in [6.45, 7) is 3.51. The predicted molar refractivity (Wildman–Crippen MR) is 97.0 cm³/mol. The van der Waals surface area contributed by atoms with Crippen molar-refractivity contribution in [1.82, 2.24) is 0 Å². The molecule has 0 aliphatic rings. The van der Waals surface area contributed by atoms with Crippen LogP contribution in [0.5, 0.6) is 0 Å². The Balaban J connectivity index is 1.99. The van der Waals surface area contributed by atoms with E-state index in [2.05, 4.69) is 5.32 Å². The lowest BCUT2D eigenvalue weighted by Gasteiger charge is -2.13. The Kier molecular flexibility index (Phi) is 5.90. The number of anilines is 2. The molecule has 0 saturated carbocycles. The van der Waals surface area contributed by atoms with E-state index in [0.717, 1.165) is 17.7 Å². The van der Waals surface area contributed by atoms with E-state index in [4.69, 9.17) is 10.5 Å². The molecule has 2 aromatic carbocycles. The molecule has 2 aromatic rings. The van der Waals surface area contributed by atoms with Gasteiger partial charge in [0.2, 0.25) is 0 Å². The number of hydrogen-bond acceptors (Lipinski definition) is 6. The molecular formula is C18H19N3O5. The molecule has 0 radical (unpaired) electrons. The number of nitro groups is 1. The van der Waals surface area contributed by atoms with Crippen molar-refractivity contribution in [2.45, 2.75) is 19.8 Å². The SMILES string of the molecule is CC(C)c1ccccc1NC(=O)COC(=O)c1ccc([N+](=O)[O-])cc1N. The van der Waals surface area contributed by atoms with Crippen LogP contribution in [0, 0.1) is 10.1 Å². The number of hydrogen-bond donors (Lipinski definition) is 2. The van der Waals surface area contributed by atoms with Crippen LogP contribution in [0.4, 0.5) is 17.1 Å². The summed E-state index contributed by atoms with van der Waals surface area (Å²) in [5, 5.41) is 13.4. The van der Waals surface area contributed by atoms with Crippen LogP contribution < -0.4 is 11.1 Å². The standard InChI is InChI=1S/C18H19N3O5/c1-11(2)13-5-3-4-6-16(13)20-17(22)10-26-18(23)14-8-7-12(21(24)25)9-15(14)19/h3-9,11H,10,19H2,1-2H3,(H,20,22). The number of esters is 1. The van der Waals surface area contributed by atoms with Gasteiger partial charge in [0.05, 0.1) is 16.2 Å². The first kappa shape index (κ1) is 18.9. The van der Waals surface area contributed by atoms with Gasteiger partial charge < -0.3 is 15.8 Å². The van der Waals surface area contributed by atoms with Gasteiger partial charge in [0, 0.05) is 17.8 Å². The number of para-hydroxylation sites is 1. The number of nitrogens with two attached hydrogens (primary N) is 1. The lowest BCUT2D eigenvalue weighted by atomic mass is 10.0. The molecule has 0 spiro atoms. The van der Waals surface area contributed by atoms with Crippen LogP contribution in [0.2, 0.25) is 0 Å². The fourth-order valence-corrected chi connectivity index (χ4v) is 2.36. The maximum absolute atomic E-state index is 12.0. The van der Waals surface area contributed by atoms with Gasteiger partial charge >= 0.3 is 5.97 Å². The first-order chi connectivity index (χ1) is 12.3. The number of nitro benzene ring substituents is 1. The normalized spacial score (nSPS) is 10.4. The lowest BCUT2D eigenvalue weighted by Crippen LogP contribution is -2.22. The van der Waals surface area contributed by atoms with Crippen molar-refractivity contribution >= 4 is 28.9 Å². The zero-order valence-corrected chi connectivity index (χ0v) is 14.4. The van der Waals surface area contributed by atoms with Crippen molar-refractivity contribution in [3.63, 3.8) is 0 Å². The van der Waals surface area contributed by atoms with Gasteiger partial charge in [-0.1, -0.05) is 32.0 Å². The molecule has 8 nitrogen and oxygen atoms in total. The Bertz CT molecular complexity index is 848. The van der Waals surface area contributed by atoms with E-state index in [9.17, 15) is 19.7 Å². The van der Waals surface area contributed by atoms with Crippen molar-refractivity contribution < 1.29 is 19.2 Å². The Morgan fingerprint density at radius 1 is 1.23 bits per heavy atom. The molecule has 0 aromatic heterocycles. The first-order valence-electron chi connectivity index (χ1n) is 7.89. The van der Waals surface area contributed by atoms with Gasteiger partial charge in [-0.05, 0) is 23.6 Å². The minimum Gasteiger partial charge on any atom is -0.452 e. The zero-order chi connectivity index (χ0) is 19.3. The Morgan fingerprint density at radius 3 is 2.54 bits per heavy atom. The number of amides is 1. The van der Waals surface area contributed by atoms with Gasteiger partial charge in [-0.15, -0.1) is 0 Å². The van der Waals surface area contributed by atoms with Crippen molar-refractivity contribution in [3.8, 4) is 0 Å². The van der Waals surface area contributed by atoms with Crippen LogP contribution in [0.3, 0.4) is 0 Å². The highest BCUT2D eigenvalue weighted by Crippen LogP contribution is 2.24. The van der Waals surface area contributed by atoms with E-state index in [1.54, 1.807) is 12.1 Å².